The van der Waals surface area contributed by atoms with E-state index in [1.54, 1.807) is 6.20 Å². The molecule has 80 valence electrons. The lowest BCUT2D eigenvalue weighted by Crippen LogP contribution is -2.19. The van der Waals surface area contributed by atoms with E-state index in [2.05, 4.69) is 18.9 Å². The zero-order valence-electron chi connectivity index (χ0n) is 9.32. The first-order valence-corrected chi connectivity index (χ1v) is 5.35. The van der Waals surface area contributed by atoms with Crippen LogP contribution in [0.2, 0.25) is 0 Å². The van der Waals surface area contributed by atoms with Gasteiger partial charge in [0, 0.05) is 18.3 Å². The maximum absolute atomic E-state index is 10.1. The topological polar surface area (TPSA) is 38.0 Å². The maximum atomic E-state index is 10.1. The van der Waals surface area contributed by atoms with Crippen LogP contribution in [0.1, 0.15) is 45.6 Å². The molecule has 14 heavy (non-hydrogen) atoms. The predicted octanol–water partition coefficient (Wildman–Crippen LogP) is 2.30. The Balaban J connectivity index is 2.74. The summed E-state index contributed by atoms with van der Waals surface area (Å²) in [6.07, 6.45) is 6.54. The summed E-state index contributed by atoms with van der Waals surface area (Å²) in [6.45, 7) is 6.96. The van der Waals surface area contributed by atoms with Crippen LogP contribution in [0.3, 0.4) is 0 Å². The average molecular weight is 196 g/mol. The SMILES string of the molecule is CCCn1cc(C(C)(O)CCC)cn1. The first kappa shape index (κ1) is 11.2. The van der Waals surface area contributed by atoms with E-state index in [0.717, 1.165) is 31.4 Å². The molecule has 1 N–H and O–H groups in total. The molecule has 0 amide bonds. The Hall–Kier alpha value is -0.830. The molecule has 0 bridgehead atoms. The van der Waals surface area contributed by atoms with Crippen molar-refractivity contribution in [2.75, 3.05) is 0 Å². The third-order valence-corrected chi connectivity index (χ3v) is 2.44. The third kappa shape index (κ3) is 2.58. The van der Waals surface area contributed by atoms with Crippen LogP contribution >= 0.6 is 0 Å². The fourth-order valence-electron chi connectivity index (χ4n) is 1.62. The van der Waals surface area contributed by atoms with Gasteiger partial charge in [0.1, 0.15) is 0 Å². The van der Waals surface area contributed by atoms with Gasteiger partial charge in [-0.2, -0.15) is 5.10 Å². The van der Waals surface area contributed by atoms with Gasteiger partial charge in [0.15, 0.2) is 0 Å². The summed E-state index contributed by atoms with van der Waals surface area (Å²) in [5, 5.41) is 14.3. The number of aliphatic hydroxyl groups is 1. The van der Waals surface area contributed by atoms with E-state index in [4.69, 9.17) is 0 Å². The Morgan fingerprint density at radius 3 is 2.71 bits per heavy atom. The van der Waals surface area contributed by atoms with Gasteiger partial charge in [-0.05, 0) is 19.8 Å². The fraction of sp³-hybridized carbons (Fsp3) is 0.727. The average Bonchev–Trinajstić information content (AvgIpc) is 2.54. The van der Waals surface area contributed by atoms with Crippen molar-refractivity contribution >= 4 is 0 Å². The summed E-state index contributed by atoms with van der Waals surface area (Å²) in [4.78, 5) is 0. The molecule has 1 aromatic heterocycles. The van der Waals surface area contributed by atoms with E-state index in [9.17, 15) is 5.11 Å². The smallest absolute Gasteiger partial charge is 0.0898 e. The quantitative estimate of drug-likeness (QED) is 0.784. The van der Waals surface area contributed by atoms with Gasteiger partial charge in [0.05, 0.1) is 11.8 Å². The molecule has 3 heteroatoms. The van der Waals surface area contributed by atoms with Crippen LogP contribution in [-0.2, 0) is 12.1 Å². The monoisotopic (exact) mass is 196 g/mol. The number of aromatic nitrogens is 2. The molecule has 1 rings (SSSR count). The molecule has 1 heterocycles. The maximum Gasteiger partial charge on any atom is 0.0898 e. The molecule has 0 aromatic carbocycles. The second kappa shape index (κ2) is 4.60. The highest BCUT2D eigenvalue weighted by atomic mass is 16.3. The number of hydrogen-bond donors (Lipinski definition) is 1. The highest BCUT2D eigenvalue weighted by Gasteiger charge is 2.23. The van der Waals surface area contributed by atoms with Gasteiger partial charge in [-0.3, -0.25) is 4.68 Å². The van der Waals surface area contributed by atoms with E-state index >= 15 is 0 Å². The number of rotatable bonds is 5. The summed E-state index contributed by atoms with van der Waals surface area (Å²) in [6, 6.07) is 0. The Kier molecular flexibility index (Phi) is 3.69. The first-order valence-electron chi connectivity index (χ1n) is 5.35. The van der Waals surface area contributed by atoms with E-state index in [-0.39, 0.29) is 0 Å². The van der Waals surface area contributed by atoms with Crippen molar-refractivity contribution in [3.63, 3.8) is 0 Å². The summed E-state index contributed by atoms with van der Waals surface area (Å²) in [5.41, 5.74) is 0.202. The minimum atomic E-state index is -0.721. The van der Waals surface area contributed by atoms with E-state index in [0.29, 0.717) is 0 Å². The van der Waals surface area contributed by atoms with Crippen LogP contribution in [0.25, 0.3) is 0 Å². The molecule has 1 aromatic rings. The summed E-state index contributed by atoms with van der Waals surface area (Å²) >= 11 is 0. The zero-order chi connectivity index (χ0) is 10.6. The van der Waals surface area contributed by atoms with E-state index in [1.165, 1.54) is 0 Å². The Bertz CT molecular complexity index is 279. The van der Waals surface area contributed by atoms with Crippen molar-refractivity contribution < 1.29 is 5.11 Å². The standard InChI is InChI=1S/C11H20N2O/c1-4-6-11(3,14)10-8-12-13(9-10)7-5-2/h8-9,14H,4-7H2,1-3H3. The van der Waals surface area contributed by atoms with Gasteiger partial charge in [-0.25, -0.2) is 0 Å². The zero-order valence-corrected chi connectivity index (χ0v) is 9.32. The summed E-state index contributed by atoms with van der Waals surface area (Å²) < 4.78 is 1.89. The Morgan fingerprint density at radius 1 is 1.43 bits per heavy atom. The second-order valence-electron chi connectivity index (χ2n) is 4.02. The molecule has 0 radical (unpaired) electrons. The van der Waals surface area contributed by atoms with Gasteiger partial charge in [0.25, 0.3) is 0 Å². The van der Waals surface area contributed by atoms with Gasteiger partial charge >= 0.3 is 0 Å². The lowest BCUT2D eigenvalue weighted by atomic mass is 9.94. The highest BCUT2D eigenvalue weighted by molar-refractivity contribution is 5.13. The van der Waals surface area contributed by atoms with Crippen molar-refractivity contribution in [1.82, 2.24) is 9.78 Å². The van der Waals surface area contributed by atoms with E-state index in [1.807, 2.05) is 17.8 Å². The number of nitrogens with zero attached hydrogens (tertiary/aromatic N) is 2. The fourth-order valence-corrected chi connectivity index (χ4v) is 1.62. The largest absolute Gasteiger partial charge is 0.385 e. The van der Waals surface area contributed by atoms with Gasteiger partial charge < -0.3 is 5.11 Å². The molecule has 0 spiro atoms. The van der Waals surface area contributed by atoms with Crippen molar-refractivity contribution in [3.05, 3.63) is 18.0 Å². The molecular formula is C11H20N2O. The van der Waals surface area contributed by atoms with Crippen LogP contribution in [0.5, 0.6) is 0 Å². The second-order valence-corrected chi connectivity index (χ2v) is 4.02. The van der Waals surface area contributed by atoms with E-state index < -0.39 is 5.60 Å². The summed E-state index contributed by atoms with van der Waals surface area (Å²) in [7, 11) is 0. The minimum absolute atomic E-state index is 0.721. The molecule has 0 aliphatic rings. The van der Waals surface area contributed by atoms with Crippen LogP contribution in [0.15, 0.2) is 12.4 Å². The van der Waals surface area contributed by atoms with Crippen LogP contribution < -0.4 is 0 Å². The highest BCUT2D eigenvalue weighted by Crippen LogP contribution is 2.25. The van der Waals surface area contributed by atoms with Gasteiger partial charge in [-0.1, -0.05) is 20.3 Å². The molecule has 0 aliphatic carbocycles. The number of hydrogen-bond acceptors (Lipinski definition) is 2. The van der Waals surface area contributed by atoms with Gasteiger partial charge in [-0.15, -0.1) is 0 Å². The Labute approximate surface area is 85.8 Å². The molecule has 1 unspecified atom stereocenters. The number of aryl methyl sites for hydroxylation is 1. The molecule has 0 saturated carbocycles. The molecule has 3 nitrogen and oxygen atoms in total. The Morgan fingerprint density at radius 2 is 2.14 bits per heavy atom. The minimum Gasteiger partial charge on any atom is -0.385 e. The van der Waals surface area contributed by atoms with Crippen molar-refractivity contribution in [1.29, 1.82) is 0 Å². The third-order valence-electron chi connectivity index (χ3n) is 2.44. The van der Waals surface area contributed by atoms with Gasteiger partial charge in [0.2, 0.25) is 0 Å². The molecule has 1 atom stereocenters. The molecule has 0 aliphatic heterocycles. The van der Waals surface area contributed by atoms with Crippen molar-refractivity contribution in [3.8, 4) is 0 Å². The van der Waals surface area contributed by atoms with Crippen LogP contribution in [0.4, 0.5) is 0 Å². The molecular weight excluding hydrogens is 176 g/mol. The lowest BCUT2D eigenvalue weighted by Gasteiger charge is -2.20. The molecule has 0 fully saturated rings. The molecule has 0 saturated heterocycles. The van der Waals surface area contributed by atoms with Crippen LogP contribution in [-0.4, -0.2) is 14.9 Å². The normalized spacial score (nSPS) is 15.4. The van der Waals surface area contributed by atoms with Crippen molar-refractivity contribution in [2.24, 2.45) is 0 Å². The lowest BCUT2D eigenvalue weighted by molar-refractivity contribution is 0.0469. The predicted molar refractivity (Wildman–Crippen MR) is 57.0 cm³/mol. The van der Waals surface area contributed by atoms with Crippen molar-refractivity contribution in [2.45, 2.75) is 52.2 Å². The summed E-state index contributed by atoms with van der Waals surface area (Å²) in [5.74, 6) is 0. The first-order chi connectivity index (χ1) is 6.60. The van der Waals surface area contributed by atoms with Crippen LogP contribution in [0, 0.1) is 0 Å².